The molecule has 2 heterocycles. The molecular formula is C16H13F3N2O2S2. The third kappa shape index (κ3) is 3.14. The third-order valence-electron chi connectivity index (χ3n) is 4.01. The first-order valence-electron chi connectivity index (χ1n) is 7.24. The maximum Gasteiger partial charge on any atom is 0.437 e. The highest BCUT2D eigenvalue weighted by molar-refractivity contribution is 7.80. The molecule has 2 aromatic rings. The minimum absolute atomic E-state index is 0.130. The van der Waals surface area contributed by atoms with Crippen molar-refractivity contribution in [1.82, 2.24) is 10.6 Å². The largest absolute Gasteiger partial charge is 0.437 e. The lowest BCUT2D eigenvalue weighted by atomic mass is 9.79. The number of thiophene rings is 1. The lowest BCUT2D eigenvalue weighted by Gasteiger charge is -2.46. The van der Waals surface area contributed by atoms with Crippen molar-refractivity contribution in [3.63, 3.8) is 0 Å². The number of benzene rings is 1. The Morgan fingerprint density at radius 3 is 2.44 bits per heavy atom. The van der Waals surface area contributed by atoms with Gasteiger partial charge in [-0.15, -0.1) is 11.3 Å². The number of halogens is 3. The van der Waals surface area contributed by atoms with Crippen molar-refractivity contribution in [3.05, 3.63) is 58.3 Å². The fourth-order valence-electron chi connectivity index (χ4n) is 2.85. The van der Waals surface area contributed by atoms with E-state index in [4.69, 9.17) is 12.2 Å². The Kier molecular flexibility index (Phi) is 4.56. The molecule has 0 saturated carbocycles. The second-order valence-electron chi connectivity index (χ2n) is 5.57. The topological polar surface area (TPSA) is 61.4 Å². The summed E-state index contributed by atoms with van der Waals surface area (Å²) in [5.74, 6) is -2.66. The SMILES string of the molecule is O=C(c1cccs1)[C@H]1[C@H](c2ccccc2)NC(=S)N[C@@]1(O)C(F)(F)F. The molecular weight excluding hydrogens is 373 g/mol. The second kappa shape index (κ2) is 6.40. The van der Waals surface area contributed by atoms with Gasteiger partial charge < -0.3 is 15.7 Å². The number of ketones is 1. The number of carbonyl (C=O) groups excluding carboxylic acids is 1. The molecule has 132 valence electrons. The van der Waals surface area contributed by atoms with Crippen molar-refractivity contribution < 1.29 is 23.1 Å². The Hall–Kier alpha value is -1.97. The molecule has 1 aromatic carbocycles. The fourth-order valence-corrected chi connectivity index (χ4v) is 3.84. The van der Waals surface area contributed by atoms with Gasteiger partial charge in [0.05, 0.1) is 10.9 Å². The zero-order valence-electron chi connectivity index (χ0n) is 12.6. The van der Waals surface area contributed by atoms with Gasteiger partial charge in [0.2, 0.25) is 5.72 Å². The van der Waals surface area contributed by atoms with Gasteiger partial charge in [-0.3, -0.25) is 4.79 Å². The summed E-state index contributed by atoms with van der Waals surface area (Å²) in [5.41, 5.74) is -3.05. The van der Waals surface area contributed by atoms with Crippen LogP contribution < -0.4 is 10.6 Å². The Morgan fingerprint density at radius 1 is 1.20 bits per heavy atom. The van der Waals surface area contributed by atoms with Crippen molar-refractivity contribution in [2.45, 2.75) is 17.9 Å². The van der Waals surface area contributed by atoms with Crippen LogP contribution >= 0.6 is 23.6 Å². The molecule has 0 amide bonds. The van der Waals surface area contributed by atoms with Crippen LogP contribution in [0.2, 0.25) is 0 Å². The van der Waals surface area contributed by atoms with Gasteiger partial charge in [0.1, 0.15) is 5.92 Å². The van der Waals surface area contributed by atoms with E-state index >= 15 is 0 Å². The zero-order valence-corrected chi connectivity index (χ0v) is 14.2. The molecule has 0 radical (unpaired) electrons. The summed E-state index contributed by atoms with van der Waals surface area (Å²) in [7, 11) is 0. The standard InChI is InChI=1S/C16H13F3N2O2S2/c17-16(18,19)15(23)11(13(22)10-7-4-8-25-10)12(20-14(24)21-15)9-5-2-1-3-6-9/h1-8,11-12,23H,(H2,20,21,24)/t11-,12+,15+/m1/s1. The summed E-state index contributed by atoms with van der Waals surface area (Å²) in [4.78, 5) is 13.0. The Balaban J connectivity index is 2.15. The number of nitrogens with one attached hydrogen (secondary N) is 2. The van der Waals surface area contributed by atoms with E-state index in [1.807, 2.05) is 5.32 Å². The quantitative estimate of drug-likeness (QED) is 0.559. The summed E-state index contributed by atoms with van der Waals surface area (Å²) < 4.78 is 41.1. The average molecular weight is 386 g/mol. The van der Waals surface area contributed by atoms with Crippen LogP contribution in [0.3, 0.4) is 0 Å². The first kappa shape index (κ1) is 17.8. The summed E-state index contributed by atoms with van der Waals surface area (Å²) in [6.07, 6.45) is -5.11. The molecule has 1 fully saturated rings. The van der Waals surface area contributed by atoms with E-state index in [1.165, 1.54) is 6.07 Å². The average Bonchev–Trinajstić information content (AvgIpc) is 3.08. The molecule has 0 bridgehead atoms. The van der Waals surface area contributed by atoms with Crippen molar-refractivity contribution in [1.29, 1.82) is 0 Å². The molecule has 0 spiro atoms. The smallest absolute Gasteiger partial charge is 0.363 e. The van der Waals surface area contributed by atoms with Gasteiger partial charge in [0.25, 0.3) is 0 Å². The summed E-state index contributed by atoms with van der Waals surface area (Å²) in [5, 5.41) is 16.2. The van der Waals surface area contributed by atoms with E-state index in [1.54, 1.807) is 41.8 Å². The van der Waals surface area contributed by atoms with Gasteiger partial charge in [0.15, 0.2) is 10.9 Å². The third-order valence-corrected chi connectivity index (χ3v) is 5.12. The van der Waals surface area contributed by atoms with E-state index in [9.17, 15) is 23.1 Å². The first-order chi connectivity index (χ1) is 11.7. The number of Topliss-reactive ketones (excluding diaryl/α,β-unsaturated/α-hetero) is 1. The van der Waals surface area contributed by atoms with E-state index in [0.717, 1.165) is 11.3 Å². The number of alkyl halides is 3. The highest BCUT2D eigenvalue weighted by Crippen LogP contribution is 2.44. The summed E-state index contributed by atoms with van der Waals surface area (Å²) in [6.45, 7) is 0. The summed E-state index contributed by atoms with van der Waals surface area (Å²) in [6, 6.07) is 10.0. The minimum atomic E-state index is -5.11. The molecule has 3 atom stereocenters. The van der Waals surface area contributed by atoms with E-state index in [0.29, 0.717) is 5.56 Å². The predicted octanol–water partition coefficient (Wildman–Crippen LogP) is 3.02. The van der Waals surface area contributed by atoms with Gasteiger partial charge >= 0.3 is 6.18 Å². The van der Waals surface area contributed by atoms with Crippen LogP contribution in [0.25, 0.3) is 0 Å². The van der Waals surface area contributed by atoms with Crippen molar-refractivity contribution in [2.75, 3.05) is 0 Å². The van der Waals surface area contributed by atoms with Crippen LogP contribution in [-0.2, 0) is 0 Å². The van der Waals surface area contributed by atoms with E-state index < -0.39 is 29.6 Å². The highest BCUT2D eigenvalue weighted by Gasteiger charge is 2.65. The fraction of sp³-hybridized carbons (Fsp3) is 0.250. The Labute approximate surface area is 150 Å². The van der Waals surface area contributed by atoms with Crippen molar-refractivity contribution in [2.24, 2.45) is 5.92 Å². The second-order valence-corrected chi connectivity index (χ2v) is 6.93. The zero-order chi connectivity index (χ0) is 18.2. The van der Waals surface area contributed by atoms with Crippen LogP contribution in [-0.4, -0.2) is 27.9 Å². The van der Waals surface area contributed by atoms with Crippen LogP contribution in [0.1, 0.15) is 21.3 Å². The lowest BCUT2D eigenvalue weighted by molar-refractivity contribution is -0.285. The summed E-state index contributed by atoms with van der Waals surface area (Å²) >= 11 is 5.87. The number of thiocarbonyl (C=S) groups is 1. The Bertz CT molecular complexity index is 780. The highest BCUT2D eigenvalue weighted by atomic mass is 32.1. The molecule has 0 aliphatic carbocycles. The molecule has 3 N–H and O–H groups in total. The molecule has 4 nitrogen and oxygen atoms in total. The van der Waals surface area contributed by atoms with Gasteiger partial charge in [-0.2, -0.15) is 13.2 Å². The van der Waals surface area contributed by atoms with Crippen LogP contribution in [0.4, 0.5) is 13.2 Å². The van der Waals surface area contributed by atoms with Crippen molar-refractivity contribution in [3.8, 4) is 0 Å². The minimum Gasteiger partial charge on any atom is -0.363 e. The van der Waals surface area contributed by atoms with Gasteiger partial charge in [0, 0.05) is 0 Å². The first-order valence-corrected chi connectivity index (χ1v) is 8.53. The number of rotatable bonds is 3. The van der Waals surface area contributed by atoms with Crippen molar-refractivity contribution >= 4 is 34.5 Å². The Morgan fingerprint density at radius 2 is 1.88 bits per heavy atom. The number of carbonyl (C=O) groups is 1. The van der Waals surface area contributed by atoms with Gasteiger partial charge in [-0.1, -0.05) is 36.4 Å². The van der Waals surface area contributed by atoms with E-state index in [2.05, 4.69) is 5.32 Å². The van der Waals surface area contributed by atoms with Gasteiger partial charge in [-0.05, 0) is 29.2 Å². The number of hydrogen-bond acceptors (Lipinski definition) is 4. The predicted molar refractivity (Wildman–Crippen MR) is 91.2 cm³/mol. The monoisotopic (exact) mass is 386 g/mol. The maximum atomic E-state index is 13.7. The van der Waals surface area contributed by atoms with Crippen LogP contribution in [0.15, 0.2) is 47.8 Å². The van der Waals surface area contributed by atoms with Crippen LogP contribution in [0, 0.1) is 5.92 Å². The number of aliphatic hydroxyl groups is 1. The molecule has 1 saturated heterocycles. The molecule has 3 rings (SSSR count). The molecule has 1 aliphatic rings. The van der Waals surface area contributed by atoms with Crippen LogP contribution in [0.5, 0.6) is 0 Å². The molecule has 0 unspecified atom stereocenters. The molecule has 1 aliphatic heterocycles. The number of hydrogen-bond donors (Lipinski definition) is 3. The molecule has 1 aromatic heterocycles. The maximum absolute atomic E-state index is 13.7. The normalized spacial score (nSPS) is 26.6. The van der Waals surface area contributed by atoms with E-state index in [-0.39, 0.29) is 9.99 Å². The van der Waals surface area contributed by atoms with Gasteiger partial charge in [-0.25, -0.2) is 0 Å². The molecule has 25 heavy (non-hydrogen) atoms. The lowest BCUT2D eigenvalue weighted by Crippen LogP contribution is -2.72. The molecule has 9 heteroatoms.